The molecule has 2 atom stereocenters. The highest BCUT2D eigenvalue weighted by molar-refractivity contribution is 7.17. The summed E-state index contributed by atoms with van der Waals surface area (Å²) in [6.07, 6.45) is 1.98. The molecular formula is C16H19N3S2. The third kappa shape index (κ3) is 3.00. The highest BCUT2D eigenvalue weighted by Crippen LogP contribution is 2.28. The third-order valence-electron chi connectivity index (χ3n) is 3.66. The number of hydrogen-bond donors (Lipinski definition) is 1. The van der Waals surface area contributed by atoms with Crippen molar-refractivity contribution < 1.29 is 0 Å². The molecule has 110 valence electrons. The number of nitrogens with zero attached hydrogens (tertiary/aromatic N) is 2. The molecule has 0 bridgehead atoms. The summed E-state index contributed by atoms with van der Waals surface area (Å²) in [5.74, 6) is 0. The Morgan fingerprint density at radius 3 is 2.71 bits per heavy atom. The van der Waals surface area contributed by atoms with Gasteiger partial charge in [-0.2, -0.15) is 0 Å². The number of thiophene rings is 1. The minimum Gasteiger partial charge on any atom is -0.303 e. The third-order valence-corrected chi connectivity index (χ3v) is 5.77. The van der Waals surface area contributed by atoms with E-state index in [-0.39, 0.29) is 6.04 Å². The summed E-state index contributed by atoms with van der Waals surface area (Å²) in [6, 6.07) is 4.86. The van der Waals surface area contributed by atoms with Crippen LogP contribution in [0.2, 0.25) is 0 Å². The van der Waals surface area contributed by atoms with Crippen molar-refractivity contribution in [3.05, 3.63) is 44.9 Å². The minimum absolute atomic E-state index is 0.265. The van der Waals surface area contributed by atoms with E-state index in [0.29, 0.717) is 6.04 Å². The van der Waals surface area contributed by atoms with Crippen LogP contribution in [-0.4, -0.2) is 9.97 Å². The maximum atomic E-state index is 4.52. The van der Waals surface area contributed by atoms with Crippen molar-refractivity contribution in [1.82, 2.24) is 15.3 Å². The monoisotopic (exact) mass is 317 g/mol. The average Bonchev–Trinajstić information content (AvgIpc) is 3.03. The van der Waals surface area contributed by atoms with Gasteiger partial charge in [-0.25, -0.2) is 4.98 Å². The van der Waals surface area contributed by atoms with Crippen molar-refractivity contribution in [3.8, 4) is 0 Å². The normalized spacial score (nSPS) is 14.5. The second kappa shape index (κ2) is 5.83. The van der Waals surface area contributed by atoms with Crippen LogP contribution in [0, 0.1) is 13.8 Å². The number of rotatable bonds is 4. The molecule has 0 aromatic carbocycles. The van der Waals surface area contributed by atoms with E-state index in [2.05, 4.69) is 60.5 Å². The Kier molecular flexibility index (Phi) is 4.06. The van der Waals surface area contributed by atoms with E-state index in [1.165, 1.54) is 15.1 Å². The minimum atomic E-state index is 0.265. The summed E-state index contributed by atoms with van der Waals surface area (Å²) in [4.78, 5) is 10.4. The highest BCUT2D eigenvalue weighted by atomic mass is 32.1. The van der Waals surface area contributed by atoms with E-state index in [0.717, 1.165) is 16.2 Å². The molecule has 0 aliphatic rings. The lowest BCUT2D eigenvalue weighted by molar-refractivity contribution is 0.497. The van der Waals surface area contributed by atoms with Crippen LogP contribution in [0.3, 0.4) is 0 Å². The lowest BCUT2D eigenvalue weighted by Crippen LogP contribution is -2.22. The van der Waals surface area contributed by atoms with Crippen molar-refractivity contribution >= 4 is 32.9 Å². The first-order valence-electron chi connectivity index (χ1n) is 7.07. The van der Waals surface area contributed by atoms with E-state index in [1.807, 2.05) is 6.20 Å². The fourth-order valence-corrected chi connectivity index (χ4v) is 4.32. The molecule has 1 N–H and O–H groups in total. The van der Waals surface area contributed by atoms with Crippen LogP contribution in [-0.2, 0) is 0 Å². The van der Waals surface area contributed by atoms with Gasteiger partial charge >= 0.3 is 0 Å². The fraction of sp³-hybridized carbons (Fsp3) is 0.375. The van der Waals surface area contributed by atoms with Gasteiger partial charge in [0.2, 0.25) is 0 Å². The van der Waals surface area contributed by atoms with Gasteiger partial charge in [0, 0.05) is 23.2 Å². The topological polar surface area (TPSA) is 37.8 Å². The molecule has 0 aliphatic heterocycles. The lowest BCUT2D eigenvalue weighted by atomic mass is 10.1. The number of thiazole rings is 1. The fourth-order valence-electron chi connectivity index (χ4n) is 2.59. The molecule has 0 aliphatic carbocycles. The predicted molar refractivity (Wildman–Crippen MR) is 91.2 cm³/mol. The molecule has 3 aromatic heterocycles. The maximum Gasteiger partial charge on any atom is 0.0900 e. The lowest BCUT2D eigenvalue weighted by Gasteiger charge is -2.19. The first-order chi connectivity index (χ1) is 10.0. The first kappa shape index (κ1) is 14.6. The smallest absolute Gasteiger partial charge is 0.0900 e. The molecule has 0 amide bonds. The zero-order chi connectivity index (χ0) is 15.0. The Bertz CT molecular complexity index is 760. The van der Waals surface area contributed by atoms with Crippen LogP contribution < -0.4 is 5.32 Å². The molecule has 3 rings (SSSR count). The van der Waals surface area contributed by atoms with Gasteiger partial charge in [0.1, 0.15) is 0 Å². The Labute approximate surface area is 133 Å². The Hall–Kier alpha value is -1.30. The van der Waals surface area contributed by atoms with E-state index in [1.54, 1.807) is 22.7 Å². The van der Waals surface area contributed by atoms with Gasteiger partial charge in [0.05, 0.1) is 20.9 Å². The standard InChI is InChI=1S/C16H19N3S2/c1-9(13-7-15-14(17-8-13)5-6-20-15)18-10(2)16-11(3)19-12(4)21-16/h5-10,18H,1-4H3. The Morgan fingerprint density at radius 2 is 2.00 bits per heavy atom. The molecular weight excluding hydrogens is 298 g/mol. The number of pyridine rings is 1. The van der Waals surface area contributed by atoms with Crippen molar-refractivity contribution in [2.75, 3.05) is 0 Å². The van der Waals surface area contributed by atoms with Gasteiger partial charge < -0.3 is 5.32 Å². The number of fused-ring (bicyclic) bond motifs is 1. The average molecular weight is 317 g/mol. The van der Waals surface area contributed by atoms with Gasteiger partial charge in [0.25, 0.3) is 0 Å². The largest absolute Gasteiger partial charge is 0.303 e. The van der Waals surface area contributed by atoms with Crippen molar-refractivity contribution in [2.45, 2.75) is 39.8 Å². The zero-order valence-corrected chi connectivity index (χ0v) is 14.3. The zero-order valence-electron chi connectivity index (χ0n) is 12.7. The van der Waals surface area contributed by atoms with Crippen LogP contribution in [0.25, 0.3) is 10.2 Å². The van der Waals surface area contributed by atoms with Crippen LogP contribution in [0.5, 0.6) is 0 Å². The molecule has 21 heavy (non-hydrogen) atoms. The molecule has 0 saturated heterocycles. The van der Waals surface area contributed by atoms with Gasteiger partial charge in [-0.15, -0.1) is 22.7 Å². The summed E-state index contributed by atoms with van der Waals surface area (Å²) in [5, 5.41) is 6.88. The summed E-state index contributed by atoms with van der Waals surface area (Å²) in [7, 11) is 0. The molecule has 2 unspecified atom stereocenters. The Balaban J connectivity index is 1.78. The SMILES string of the molecule is Cc1nc(C)c(C(C)NC(C)c2cnc3ccsc3c2)s1. The summed E-state index contributed by atoms with van der Waals surface area (Å²) in [6.45, 7) is 8.54. The van der Waals surface area contributed by atoms with E-state index in [4.69, 9.17) is 0 Å². The van der Waals surface area contributed by atoms with E-state index < -0.39 is 0 Å². The van der Waals surface area contributed by atoms with Gasteiger partial charge in [-0.3, -0.25) is 4.98 Å². The number of nitrogens with one attached hydrogen (secondary N) is 1. The van der Waals surface area contributed by atoms with Crippen LogP contribution in [0.4, 0.5) is 0 Å². The number of aromatic nitrogens is 2. The summed E-state index contributed by atoms with van der Waals surface area (Å²) < 4.78 is 1.25. The molecule has 3 aromatic rings. The van der Waals surface area contributed by atoms with E-state index in [9.17, 15) is 0 Å². The molecule has 0 radical (unpaired) electrons. The molecule has 0 fully saturated rings. The van der Waals surface area contributed by atoms with Crippen LogP contribution in [0.15, 0.2) is 23.7 Å². The molecule has 5 heteroatoms. The molecule has 3 nitrogen and oxygen atoms in total. The molecule has 0 spiro atoms. The summed E-state index contributed by atoms with van der Waals surface area (Å²) >= 11 is 3.52. The maximum absolute atomic E-state index is 4.52. The molecule has 0 saturated carbocycles. The van der Waals surface area contributed by atoms with Crippen LogP contribution >= 0.6 is 22.7 Å². The number of hydrogen-bond acceptors (Lipinski definition) is 5. The predicted octanol–water partition coefficient (Wildman–Crippen LogP) is 4.78. The van der Waals surface area contributed by atoms with Crippen molar-refractivity contribution in [3.63, 3.8) is 0 Å². The molecule has 3 heterocycles. The quantitative estimate of drug-likeness (QED) is 0.752. The van der Waals surface area contributed by atoms with E-state index >= 15 is 0 Å². The van der Waals surface area contributed by atoms with Gasteiger partial charge in [0.15, 0.2) is 0 Å². The number of aryl methyl sites for hydroxylation is 2. The Morgan fingerprint density at radius 1 is 1.19 bits per heavy atom. The second-order valence-electron chi connectivity index (χ2n) is 5.37. The van der Waals surface area contributed by atoms with Gasteiger partial charge in [-0.05, 0) is 50.8 Å². The van der Waals surface area contributed by atoms with Crippen molar-refractivity contribution in [2.24, 2.45) is 0 Å². The highest BCUT2D eigenvalue weighted by Gasteiger charge is 2.16. The van der Waals surface area contributed by atoms with Gasteiger partial charge in [-0.1, -0.05) is 0 Å². The van der Waals surface area contributed by atoms with Crippen LogP contribution in [0.1, 0.15) is 47.1 Å². The summed E-state index contributed by atoms with van der Waals surface area (Å²) in [5.41, 5.74) is 3.45. The first-order valence-corrected chi connectivity index (χ1v) is 8.77. The second-order valence-corrected chi connectivity index (χ2v) is 7.55. The van der Waals surface area contributed by atoms with Crippen molar-refractivity contribution in [1.29, 1.82) is 0 Å².